The predicted molar refractivity (Wildman–Crippen MR) is 53.3 cm³/mol. The highest BCUT2D eigenvalue weighted by atomic mass is 35.5. The Morgan fingerprint density at radius 2 is 2.15 bits per heavy atom. The Bertz CT molecular complexity index is 442. The Kier molecular flexibility index (Phi) is 2.07. The lowest BCUT2D eigenvalue weighted by Gasteiger charge is -2.05. The largest absolute Gasteiger partial charge is 0.495 e. The van der Waals surface area contributed by atoms with Gasteiger partial charge in [0.05, 0.1) is 12.1 Å². The second-order valence-corrected chi connectivity index (χ2v) is 3.06. The van der Waals surface area contributed by atoms with Gasteiger partial charge in [0.15, 0.2) is 0 Å². The average molecular weight is 194 g/mol. The van der Waals surface area contributed by atoms with Gasteiger partial charge in [-0.15, -0.1) is 0 Å². The number of pyridine rings is 1. The standard InChI is InChI=1S/C10H8ClNO/c1-13-9-3-2-7-6-12-5-4-8(7)10(9)11/h2-6H,1H3. The summed E-state index contributed by atoms with van der Waals surface area (Å²) in [5.41, 5.74) is 0. The van der Waals surface area contributed by atoms with Gasteiger partial charge in [0.1, 0.15) is 5.75 Å². The van der Waals surface area contributed by atoms with E-state index in [2.05, 4.69) is 4.98 Å². The fraction of sp³-hybridized carbons (Fsp3) is 0.100. The van der Waals surface area contributed by atoms with Gasteiger partial charge < -0.3 is 4.74 Å². The molecule has 0 aliphatic rings. The summed E-state index contributed by atoms with van der Waals surface area (Å²) in [6.07, 6.45) is 3.49. The third kappa shape index (κ3) is 1.33. The number of methoxy groups -OCH3 is 1. The number of hydrogen-bond acceptors (Lipinski definition) is 2. The van der Waals surface area contributed by atoms with Gasteiger partial charge in [0.25, 0.3) is 0 Å². The van der Waals surface area contributed by atoms with Gasteiger partial charge in [-0.2, -0.15) is 0 Å². The number of nitrogens with zero attached hydrogens (tertiary/aromatic N) is 1. The minimum absolute atomic E-state index is 0.641. The summed E-state index contributed by atoms with van der Waals surface area (Å²) in [4.78, 5) is 4.01. The zero-order valence-electron chi connectivity index (χ0n) is 7.12. The topological polar surface area (TPSA) is 22.1 Å². The van der Waals surface area contributed by atoms with Crippen molar-refractivity contribution >= 4 is 22.4 Å². The first-order chi connectivity index (χ1) is 6.33. The smallest absolute Gasteiger partial charge is 0.138 e. The number of aromatic nitrogens is 1. The van der Waals surface area contributed by atoms with Crippen LogP contribution < -0.4 is 4.74 Å². The molecule has 0 bridgehead atoms. The fourth-order valence-electron chi connectivity index (χ4n) is 1.27. The van der Waals surface area contributed by atoms with Gasteiger partial charge in [0, 0.05) is 23.2 Å². The lowest BCUT2D eigenvalue weighted by atomic mass is 10.2. The molecule has 0 spiro atoms. The number of benzene rings is 1. The SMILES string of the molecule is COc1ccc2cnccc2c1Cl. The zero-order valence-corrected chi connectivity index (χ0v) is 7.88. The first-order valence-corrected chi connectivity index (χ1v) is 4.27. The lowest BCUT2D eigenvalue weighted by molar-refractivity contribution is 0.415. The highest BCUT2D eigenvalue weighted by Crippen LogP contribution is 2.31. The van der Waals surface area contributed by atoms with Crippen LogP contribution >= 0.6 is 11.6 Å². The molecule has 0 fully saturated rings. The van der Waals surface area contributed by atoms with E-state index >= 15 is 0 Å². The molecule has 1 heterocycles. The van der Waals surface area contributed by atoms with Crippen molar-refractivity contribution in [3.8, 4) is 5.75 Å². The summed E-state index contributed by atoms with van der Waals surface area (Å²) in [7, 11) is 1.61. The lowest BCUT2D eigenvalue weighted by Crippen LogP contribution is -1.85. The molecule has 2 aromatic rings. The third-order valence-corrected chi connectivity index (χ3v) is 2.33. The first-order valence-electron chi connectivity index (χ1n) is 3.89. The minimum Gasteiger partial charge on any atom is -0.495 e. The van der Waals surface area contributed by atoms with Crippen LogP contribution in [0.2, 0.25) is 5.02 Å². The van der Waals surface area contributed by atoms with Gasteiger partial charge in [-0.1, -0.05) is 11.6 Å². The van der Waals surface area contributed by atoms with Crippen molar-refractivity contribution in [2.75, 3.05) is 7.11 Å². The van der Waals surface area contributed by atoms with E-state index in [-0.39, 0.29) is 0 Å². The second kappa shape index (κ2) is 3.23. The molecule has 0 N–H and O–H groups in total. The zero-order chi connectivity index (χ0) is 9.26. The van der Waals surface area contributed by atoms with E-state index in [1.807, 2.05) is 18.2 Å². The van der Waals surface area contributed by atoms with Gasteiger partial charge in [0.2, 0.25) is 0 Å². The first kappa shape index (κ1) is 8.32. The molecule has 66 valence electrons. The molecule has 2 nitrogen and oxygen atoms in total. The van der Waals surface area contributed by atoms with E-state index in [0.717, 1.165) is 10.8 Å². The number of hydrogen-bond donors (Lipinski definition) is 0. The van der Waals surface area contributed by atoms with Crippen molar-refractivity contribution in [2.24, 2.45) is 0 Å². The summed E-state index contributed by atoms with van der Waals surface area (Å²) in [6, 6.07) is 5.65. The summed E-state index contributed by atoms with van der Waals surface area (Å²) in [5, 5.41) is 2.63. The molecule has 0 amide bonds. The molecule has 1 aromatic carbocycles. The molecule has 0 saturated heterocycles. The maximum atomic E-state index is 6.09. The second-order valence-electron chi connectivity index (χ2n) is 2.68. The van der Waals surface area contributed by atoms with Crippen LogP contribution in [0.5, 0.6) is 5.75 Å². The predicted octanol–water partition coefficient (Wildman–Crippen LogP) is 2.90. The number of ether oxygens (including phenoxy) is 1. The van der Waals surface area contributed by atoms with Crippen LogP contribution in [0, 0.1) is 0 Å². The number of rotatable bonds is 1. The molecular formula is C10H8ClNO. The van der Waals surface area contributed by atoms with Crippen molar-refractivity contribution < 1.29 is 4.74 Å². The molecule has 2 rings (SSSR count). The molecule has 1 aromatic heterocycles. The summed E-state index contributed by atoms with van der Waals surface area (Å²) >= 11 is 6.09. The highest BCUT2D eigenvalue weighted by molar-refractivity contribution is 6.37. The quantitative estimate of drug-likeness (QED) is 0.695. The van der Waals surface area contributed by atoms with E-state index in [1.54, 1.807) is 19.5 Å². The Morgan fingerprint density at radius 3 is 2.92 bits per heavy atom. The number of fused-ring (bicyclic) bond motifs is 1. The molecular weight excluding hydrogens is 186 g/mol. The molecule has 3 heteroatoms. The van der Waals surface area contributed by atoms with Gasteiger partial charge in [-0.05, 0) is 18.2 Å². The van der Waals surface area contributed by atoms with Crippen molar-refractivity contribution in [3.63, 3.8) is 0 Å². The van der Waals surface area contributed by atoms with Gasteiger partial charge >= 0.3 is 0 Å². The summed E-state index contributed by atoms with van der Waals surface area (Å²) < 4.78 is 5.10. The molecule has 0 saturated carbocycles. The van der Waals surface area contributed by atoms with E-state index in [4.69, 9.17) is 16.3 Å². The van der Waals surface area contributed by atoms with E-state index in [9.17, 15) is 0 Å². The molecule has 0 aliphatic heterocycles. The Labute approximate surface area is 81.1 Å². The van der Waals surface area contributed by atoms with Gasteiger partial charge in [-0.25, -0.2) is 0 Å². The van der Waals surface area contributed by atoms with Crippen LogP contribution in [-0.4, -0.2) is 12.1 Å². The van der Waals surface area contributed by atoms with Crippen LogP contribution in [0.15, 0.2) is 30.6 Å². The molecule has 0 aliphatic carbocycles. The van der Waals surface area contributed by atoms with Crippen molar-refractivity contribution in [3.05, 3.63) is 35.6 Å². The van der Waals surface area contributed by atoms with E-state index in [1.165, 1.54) is 0 Å². The maximum absolute atomic E-state index is 6.09. The Morgan fingerprint density at radius 1 is 1.31 bits per heavy atom. The van der Waals surface area contributed by atoms with Crippen LogP contribution in [0.4, 0.5) is 0 Å². The van der Waals surface area contributed by atoms with Gasteiger partial charge in [-0.3, -0.25) is 4.98 Å². The van der Waals surface area contributed by atoms with Crippen molar-refractivity contribution in [2.45, 2.75) is 0 Å². The number of halogens is 1. The third-order valence-electron chi connectivity index (χ3n) is 1.94. The maximum Gasteiger partial charge on any atom is 0.138 e. The molecule has 13 heavy (non-hydrogen) atoms. The molecule has 0 unspecified atom stereocenters. The molecule has 0 radical (unpaired) electrons. The summed E-state index contributed by atoms with van der Waals surface area (Å²) in [5.74, 6) is 0.695. The van der Waals surface area contributed by atoms with E-state index in [0.29, 0.717) is 10.8 Å². The monoisotopic (exact) mass is 193 g/mol. The van der Waals surface area contributed by atoms with Crippen LogP contribution in [0.1, 0.15) is 0 Å². The highest BCUT2D eigenvalue weighted by Gasteiger charge is 2.04. The fourth-order valence-corrected chi connectivity index (χ4v) is 1.58. The molecule has 0 atom stereocenters. The Hall–Kier alpha value is -1.28. The van der Waals surface area contributed by atoms with Crippen molar-refractivity contribution in [1.82, 2.24) is 4.98 Å². The Balaban J connectivity index is 2.79. The normalized spacial score (nSPS) is 10.3. The average Bonchev–Trinajstić information content (AvgIpc) is 2.19. The van der Waals surface area contributed by atoms with E-state index < -0.39 is 0 Å². The van der Waals surface area contributed by atoms with Crippen LogP contribution in [-0.2, 0) is 0 Å². The van der Waals surface area contributed by atoms with Crippen LogP contribution in [0.3, 0.4) is 0 Å². The van der Waals surface area contributed by atoms with Crippen LogP contribution in [0.25, 0.3) is 10.8 Å². The van der Waals surface area contributed by atoms with Crippen molar-refractivity contribution in [1.29, 1.82) is 0 Å². The summed E-state index contributed by atoms with van der Waals surface area (Å²) in [6.45, 7) is 0. The minimum atomic E-state index is 0.641.